The smallest absolute Gasteiger partial charge is 0.273 e. The van der Waals surface area contributed by atoms with E-state index in [0.717, 1.165) is 36.6 Å². The van der Waals surface area contributed by atoms with Crippen LogP contribution >= 0.6 is 0 Å². The van der Waals surface area contributed by atoms with Crippen molar-refractivity contribution in [1.82, 2.24) is 20.2 Å². The Balaban J connectivity index is 1.85. The highest BCUT2D eigenvalue weighted by atomic mass is 16.5. The van der Waals surface area contributed by atoms with E-state index in [1.54, 1.807) is 7.11 Å². The highest BCUT2D eigenvalue weighted by Crippen LogP contribution is 2.23. The monoisotopic (exact) mass is 393 g/mol. The fourth-order valence-corrected chi connectivity index (χ4v) is 3.01. The Hall–Kier alpha value is -3.19. The summed E-state index contributed by atoms with van der Waals surface area (Å²) in [5.41, 5.74) is 2.48. The molecule has 0 radical (unpaired) electrons. The number of aromatic nitrogens is 2. The second kappa shape index (κ2) is 9.84. The molecule has 3 rings (SSSR count). The molecule has 0 saturated heterocycles. The molecular weight excluding hydrogens is 366 g/mol. The van der Waals surface area contributed by atoms with Gasteiger partial charge in [-0.1, -0.05) is 26.0 Å². The minimum Gasteiger partial charge on any atom is -0.497 e. The molecule has 0 aliphatic rings. The van der Waals surface area contributed by atoms with Gasteiger partial charge < -0.3 is 20.3 Å². The maximum absolute atomic E-state index is 12.9. The average molecular weight is 393 g/mol. The molecule has 2 N–H and O–H groups in total. The van der Waals surface area contributed by atoms with E-state index in [1.807, 2.05) is 48.5 Å². The first-order valence-corrected chi connectivity index (χ1v) is 9.83. The number of para-hydroxylation sites is 2. The van der Waals surface area contributed by atoms with Gasteiger partial charge in [0.05, 0.1) is 18.1 Å². The minimum absolute atomic E-state index is 0.244. The van der Waals surface area contributed by atoms with Gasteiger partial charge >= 0.3 is 0 Å². The number of carbonyl (C=O) groups is 1. The molecule has 1 heterocycles. The SMILES string of the molecule is CCN(CC)CCNC(=O)c1nc2ccccc2nc1Nc1ccc(OC)cc1. The van der Waals surface area contributed by atoms with Crippen LogP contribution in [0.4, 0.5) is 11.5 Å². The highest BCUT2D eigenvalue weighted by molar-refractivity contribution is 5.99. The standard InChI is InChI=1S/C22H27N5O2/c1-4-27(5-2)15-14-23-22(28)20-21(24-16-10-12-17(29-3)13-11-16)26-19-9-7-6-8-18(19)25-20/h6-13H,4-5,14-15H2,1-3H3,(H,23,28)(H,24,26). The molecule has 0 unspecified atom stereocenters. The first-order chi connectivity index (χ1) is 14.1. The van der Waals surface area contributed by atoms with Crippen LogP contribution in [-0.2, 0) is 0 Å². The summed E-state index contributed by atoms with van der Waals surface area (Å²) < 4.78 is 5.20. The maximum atomic E-state index is 12.9. The number of hydrogen-bond acceptors (Lipinski definition) is 6. The number of hydrogen-bond donors (Lipinski definition) is 2. The predicted octanol–water partition coefficient (Wildman–Crippen LogP) is 3.45. The lowest BCUT2D eigenvalue weighted by Crippen LogP contribution is -2.35. The molecule has 0 aliphatic heterocycles. The van der Waals surface area contributed by atoms with Gasteiger partial charge in [0, 0.05) is 18.8 Å². The predicted molar refractivity (Wildman–Crippen MR) is 116 cm³/mol. The Labute approximate surface area is 171 Å². The molecule has 0 spiro atoms. The molecule has 0 bridgehead atoms. The Morgan fingerprint density at radius 1 is 1.00 bits per heavy atom. The van der Waals surface area contributed by atoms with Gasteiger partial charge in [-0.15, -0.1) is 0 Å². The number of likely N-dealkylation sites (N-methyl/N-ethyl adjacent to an activating group) is 1. The third kappa shape index (κ3) is 5.20. The second-order valence-corrected chi connectivity index (χ2v) is 6.55. The Morgan fingerprint density at radius 2 is 1.66 bits per heavy atom. The van der Waals surface area contributed by atoms with Crippen molar-refractivity contribution in [3.63, 3.8) is 0 Å². The van der Waals surface area contributed by atoms with Crippen molar-refractivity contribution >= 4 is 28.4 Å². The molecule has 2 aromatic carbocycles. The second-order valence-electron chi connectivity index (χ2n) is 6.55. The first-order valence-electron chi connectivity index (χ1n) is 9.83. The van der Waals surface area contributed by atoms with E-state index in [-0.39, 0.29) is 11.6 Å². The number of benzene rings is 2. The van der Waals surface area contributed by atoms with Gasteiger partial charge in [-0.2, -0.15) is 0 Å². The zero-order valence-electron chi connectivity index (χ0n) is 17.1. The van der Waals surface area contributed by atoms with E-state index in [1.165, 1.54) is 0 Å². The number of methoxy groups -OCH3 is 1. The summed E-state index contributed by atoms with van der Waals surface area (Å²) in [6, 6.07) is 15.0. The van der Waals surface area contributed by atoms with Gasteiger partial charge in [0.2, 0.25) is 0 Å². The van der Waals surface area contributed by atoms with Crippen molar-refractivity contribution in [2.24, 2.45) is 0 Å². The lowest BCUT2D eigenvalue weighted by Gasteiger charge is -2.18. The van der Waals surface area contributed by atoms with Crippen molar-refractivity contribution in [2.45, 2.75) is 13.8 Å². The summed E-state index contributed by atoms with van der Waals surface area (Å²) >= 11 is 0. The molecule has 0 fully saturated rings. The van der Waals surface area contributed by atoms with Crippen LogP contribution in [0.15, 0.2) is 48.5 Å². The van der Waals surface area contributed by atoms with Crippen LogP contribution in [0.25, 0.3) is 11.0 Å². The maximum Gasteiger partial charge on any atom is 0.273 e. The molecule has 1 amide bonds. The molecule has 1 aromatic heterocycles. The van der Waals surface area contributed by atoms with Crippen LogP contribution in [0.1, 0.15) is 24.3 Å². The van der Waals surface area contributed by atoms with Gasteiger partial charge in [-0.3, -0.25) is 4.79 Å². The van der Waals surface area contributed by atoms with E-state index in [9.17, 15) is 4.79 Å². The normalized spacial score (nSPS) is 10.9. The molecule has 0 atom stereocenters. The fourth-order valence-electron chi connectivity index (χ4n) is 3.01. The zero-order valence-corrected chi connectivity index (χ0v) is 17.1. The first kappa shape index (κ1) is 20.5. The number of carbonyl (C=O) groups excluding carboxylic acids is 1. The van der Waals surface area contributed by atoms with Crippen molar-refractivity contribution in [3.05, 3.63) is 54.2 Å². The Morgan fingerprint density at radius 3 is 2.28 bits per heavy atom. The summed E-state index contributed by atoms with van der Waals surface area (Å²) in [7, 11) is 1.62. The van der Waals surface area contributed by atoms with Crippen LogP contribution < -0.4 is 15.4 Å². The summed E-state index contributed by atoms with van der Waals surface area (Å²) in [5.74, 6) is 0.940. The zero-order chi connectivity index (χ0) is 20.6. The van der Waals surface area contributed by atoms with E-state index < -0.39 is 0 Å². The van der Waals surface area contributed by atoms with Crippen LogP contribution in [-0.4, -0.2) is 54.1 Å². The number of ether oxygens (including phenoxy) is 1. The number of nitrogens with zero attached hydrogens (tertiary/aromatic N) is 3. The third-order valence-electron chi connectivity index (χ3n) is 4.75. The van der Waals surface area contributed by atoms with Crippen molar-refractivity contribution < 1.29 is 9.53 Å². The van der Waals surface area contributed by atoms with Gasteiger partial charge in [0.1, 0.15) is 5.75 Å². The molecule has 0 aliphatic carbocycles. The van der Waals surface area contributed by atoms with Crippen LogP contribution in [0.3, 0.4) is 0 Å². The Kier molecular flexibility index (Phi) is 6.97. The molecule has 0 saturated carbocycles. The largest absolute Gasteiger partial charge is 0.497 e. The van der Waals surface area contributed by atoms with Gasteiger partial charge in [0.25, 0.3) is 5.91 Å². The van der Waals surface area contributed by atoms with Gasteiger partial charge in [-0.05, 0) is 49.5 Å². The molecular formula is C22H27N5O2. The third-order valence-corrected chi connectivity index (χ3v) is 4.75. The van der Waals surface area contributed by atoms with Gasteiger partial charge in [0.15, 0.2) is 11.5 Å². The quantitative estimate of drug-likeness (QED) is 0.580. The number of anilines is 2. The summed E-state index contributed by atoms with van der Waals surface area (Å²) in [6.07, 6.45) is 0. The minimum atomic E-state index is -0.244. The topological polar surface area (TPSA) is 79.4 Å². The van der Waals surface area contributed by atoms with E-state index in [2.05, 4.69) is 39.3 Å². The molecule has 7 heteroatoms. The van der Waals surface area contributed by atoms with Crippen molar-refractivity contribution in [1.29, 1.82) is 0 Å². The highest BCUT2D eigenvalue weighted by Gasteiger charge is 2.17. The van der Waals surface area contributed by atoms with Crippen molar-refractivity contribution in [2.75, 3.05) is 38.6 Å². The number of rotatable bonds is 9. The molecule has 152 valence electrons. The molecule has 29 heavy (non-hydrogen) atoms. The van der Waals surface area contributed by atoms with Crippen molar-refractivity contribution in [3.8, 4) is 5.75 Å². The van der Waals surface area contributed by atoms with Crippen LogP contribution in [0.2, 0.25) is 0 Å². The fraction of sp³-hybridized carbons (Fsp3) is 0.318. The number of fused-ring (bicyclic) bond motifs is 1. The van der Waals surface area contributed by atoms with E-state index >= 15 is 0 Å². The number of amides is 1. The summed E-state index contributed by atoms with van der Waals surface area (Å²) in [6.45, 7) is 7.46. The van der Waals surface area contributed by atoms with Gasteiger partial charge in [-0.25, -0.2) is 9.97 Å². The van der Waals surface area contributed by atoms with E-state index in [0.29, 0.717) is 17.9 Å². The molecule has 3 aromatic rings. The van der Waals surface area contributed by atoms with Crippen LogP contribution in [0, 0.1) is 0 Å². The summed E-state index contributed by atoms with van der Waals surface area (Å²) in [5, 5.41) is 6.18. The molecule has 7 nitrogen and oxygen atoms in total. The van der Waals surface area contributed by atoms with Crippen LogP contribution in [0.5, 0.6) is 5.75 Å². The average Bonchev–Trinajstić information content (AvgIpc) is 2.76. The lowest BCUT2D eigenvalue weighted by molar-refractivity contribution is 0.0945. The summed E-state index contributed by atoms with van der Waals surface area (Å²) in [4.78, 5) is 24.3. The van der Waals surface area contributed by atoms with E-state index in [4.69, 9.17) is 4.74 Å². The lowest BCUT2D eigenvalue weighted by atomic mass is 10.2. The Bertz CT molecular complexity index is 955. The number of nitrogens with one attached hydrogen (secondary N) is 2.